The van der Waals surface area contributed by atoms with Gasteiger partial charge in [0.25, 0.3) is 0 Å². The molecule has 0 aliphatic heterocycles. The van der Waals surface area contributed by atoms with E-state index < -0.39 is 0 Å². The van der Waals surface area contributed by atoms with E-state index in [1.165, 1.54) is 25.2 Å². The Kier molecular flexibility index (Phi) is 7.36. The zero-order chi connectivity index (χ0) is 11.7. The Bertz CT molecular complexity index is 306. The molecule has 0 atom stereocenters. The molecule has 0 bridgehead atoms. The fraction of sp³-hybridized carbons (Fsp3) is 0.273. The molecule has 0 spiro atoms. The Morgan fingerprint density at radius 3 is 2.73 bits per heavy atom. The van der Waals surface area contributed by atoms with Gasteiger partial charge in [-0.1, -0.05) is 18.7 Å². The second kappa shape index (κ2) is 8.05. The van der Waals surface area contributed by atoms with Crippen LogP contribution in [-0.4, -0.2) is 17.8 Å². The number of ketones is 1. The van der Waals surface area contributed by atoms with Crippen LogP contribution in [0.1, 0.15) is 13.8 Å². The molecule has 0 aromatic carbocycles. The molecule has 0 amide bonds. The van der Waals surface area contributed by atoms with Crippen LogP contribution in [0.15, 0.2) is 41.8 Å². The molecule has 0 N–H and O–H groups in total. The van der Waals surface area contributed by atoms with E-state index in [2.05, 4.69) is 18.2 Å². The molecule has 0 aromatic heterocycles. The number of hydrogen-bond donors (Lipinski definition) is 0. The number of allylic oxidation sites excluding steroid dienone is 2. The first kappa shape index (κ1) is 13.7. The van der Waals surface area contributed by atoms with Gasteiger partial charge in [-0.05, 0) is 13.0 Å². The highest BCUT2D eigenvalue weighted by molar-refractivity contribution is 7.94. The first-order valence-corrected chi connectivity index (χ1v) is 5.28. The molecule has 0 saturated heterocycles. The van der Waals surface area contributed by atoms with Crippen molar-refractivity contribution >= 4 is 24.0 Å². The van der Waals surface area contributed by atoms with E-state index in [1.807, 2.05) is 13.0 Å². The summed E-state index contributed by atoms with van der Waals surface area (Å²) >= 11 is 1.18. The van der Waals surface area contributed by atoms with Gasteiger partial charge in [-0.15, -0.1) is 0 Å². The zero-order valence-corrected chi connectivity index (χ0v) is 9.84. The maximum Gasteiger partial charge on any atom is 0.195 e. The predicted octanol–water partition coefficient (Wildman–Crippen LogP) is 2.91. The molecule has 0 saturated carbocycles. The molecule has 0 unspecified atom stereocenters. The van der Waals surface area contributed by atoms with Gasteiger partial charge in [-0.2, -0.15) is 0 Å². The van der Waals surface area contributed by atoms with Crippen molar-refractivity contribution in [3.8, 4) is 0 Å². The number of nitrogens with zero attached hydrogens (tertiary/aromatic N) is 1. The molecule has 15 heavy (non-hydrogen) atoms. The third-order valence-electron chi connectivity index (χ3n) is 1.39. The monoisotopic (exact) mass is 225 g/mol. The van der Waals surface area contributed by atoms with Gasteiger partial charge < -0.3 is 4.18 Å². The second-order valence-corrected chi connectivity index (χ2v) is 3.51. The number of carbonyl (C=O) groups is 1. The van der Waals surface area contributed by atoms with Gasteiger partial charge in [0.1, 0.15) is 0 Å². The normalized spacial score (nSPS) is 11.5. The van der Waals surface area contributed by atoms with Gasteiger partial charge >= 0.3 is 0 Å². The Labute approximate surface area is 94.8 Å². The molecule has 0 radical (unpaired) electrons. The first-order valence-electron chi connectivity index (χ1n) is 4.37. The third kappa shape index (κ3) is 7.76. The molecule has 0 aromatic rings. The van der Waals surface area contributed by atoms with Crippen molar-refractivity contribution in [1.29, 1.82) is 0 Å². The largest absolute Gasteiger partial charge is 0.422 e. The molecule has 0 aliphatic carbocycles. The van der Waals surface area contributed by atoms with E-state index >= 15 is 0 Å². The number of rotatable bonds is 7. The minimum Gasteiger partial charge on any atom is -0.422 e. The van der Waals surface area contributed by atoms with Gasteiger partial charge in [0, 0.05) is 19.3 Å². The van der Waals surface area contributed by atoms with Gasteiger partial charge in [0.15, 0.2) is 11.5 Å². The van der Waals surface area contributed by atoms with Gasteiger partial charge in [-0.3, -0.25) is 9.79 Å². The minimum absolute atomic E-state index is 0.155. The molecule has 0 heterocycles. The van der Waals surface area contributed by atoms with E-state index in [4.69, 9.17) is 4.18 Å². The lowest BCUT2D eigenvalue weighted by atomic mass is 10.3. The highest BCUT2D eigenvalue weighted by Crippen LogP contribution is 2.13. The van der Waals surface area contributed by atoms with Crippen molar-refractivity contribution in [3.05, 3.63) is 36.8 Å². The maximum absolute atomic E-state index is 10.7. The summed E-state index contributed by atoms with van der Waals surface area (Å²) in [4.78, 5) is 14.6. The number of hydrogen-bond acceptors (Lipinski definition) is 4. The van der Waals surface area contributed by atoms with E-state index in [1.54, 1.807) is 6.21 Å². The molecule has 0 aliphatic rings. The van der Waals surface area contributed by atoms with Crippen LogP contribution >= 0.6 is 12.0 Å². The van der Waals surface area contributed by atoms with Crippen LogP contribution in [0.3, 0.4) is 0 Å². The molecule has 3 nitrogen and oxygen atoms in total. The van der Waals surface area contributed by atoms with E-state index in [0.29, 0.717) is 5.75 Å². The van der Waals surface area contributed by atoms with E-state index in [0.717, 1.165) is 5.57 Å². The highest BCUT2D eigenvalue weighted by Gasteiger charge is 2.01. The summed E-state index contributed by atoms with van der Waals surface area (Å²) in [6.07, 6.45) is 4.97. The fourth-order valence-electron chi connectivity index (χ4n) is 0.531. The van der Waals surface area contributed by atoms with Crippen LogP contribution in [0.25, 0.3) is 0 Å². The van der Waals surface area contributed by atoms with Crippen molar-refractivity contribution in [2.75, 3.05) is 5.75 Å². The van der Waals surface area contributed by atoms with Crippen molar-refractivity contribution in [2.24, 2.45) is 4.99 Å². The minimum atomic E-state index is -0.155. The average molecular weight is 225 g/mol. The number of aliphatic imine (C=N–C) groups is 1. The predicted molar refractivity (Wildman–Crippen MR) is 65.8 cm³/mol. The summed E-state index contributed by atoms with van der Waals surface area (Å²) in [7, 11) is 0. The van der Waals surface area contributed by atoms with Gasteiger partial charge in [0.2, 0.25) is 0 Å². The molecular weight excluding hydrogens is 210 g/mol. The van der Waals surface area contributed by atoms with Crippen molar-refractivity contribution in [3.63, 3.8) is 0 Å². The standard InChI is InChI=1S/C11H15NO2S/c1-5-12-7-6-9(2)8-15-14-11(4)10(3)13/h5-7H,1,4,8H2,2-3H3/b9-6+,12-7?. The number of Topliss-reactive ketones (excluding diaryl/α,β-unsaturated/α-hetero) is 1. The van der Waals surface area contributed by atoms with Crippen molar-refractivity contribution in [2.45, 2.75) is 13.8 Å². The average Bonchev–Trinajstić information content (AvgIpc) is 2.18. The van der Waals surface area contributed by atoms with E-state index in [9.17, 15) is 4.79 Å². The Hall–Kier alpha value is -1.29. The van der Waals surface area contributed by atoms with Crippen molar-refractivity contribution in [1.82, 2.24) is 0 Å². The smallest absolute Gasteiger partial charge is 0.195 e. The molecule has 0 fully saturated rings. The molecule has 4 heteroatoms. The summed E-state index contributed by atoms with van der Waals surface area (Å²) in [5.74, 6) is 0.681. The maximum atomic E-state index is 10.7. The van der Waals surface area contributed by atoms with Crippen LogP contribution in [0, 0.1) is 0 Å². The molecular formula is C11H15NO2S. The van der Waals surface area contributed by atoms with Crippen LogP contribution < -0.4 is 0 Å². The summed E-state index contributed by atoms with van der Waals surface area (Å²) < 4.78 is 5.05. The fourth-order valence-corrected chi connectivity index (χ4v) is 1.13. The number of carbonyl (C=O) groups excluding carboxylic acids is 1. The molecule has 82 valence electrons. The van der Waals surface area contributed by atoms with Crippen LogP contribution in [-0.2, 0) is 8.98 Å². The van der Waals surface area contributed by atoms with Crippen LogP contribution in [0.4, 0.5) is 0 Å². The first-order chi connectivity index (χ1) is 7.07. The lowest BCUT2D eigenvalue weighted by molar-refractivity contribution is -0.115. The highest BCUT2D eigenvalue weighted by atomic mass is 32.2. The zero-order valence-electron chi connectivity index (χ0n) is 9.03. The van der Waals surface area contributed by atoms with Crippen LogP contribution in [0.2, 0.25) is 0 Å². The lowest BCUT2D eigenvalue weighted by Crippen LogP contribution is -1.96. The second-order valence-electron chi connectivity index (χ2n) is 2.82. The van der Waals surface area contributed by atoms with Crippen molar-refractivity contribution < 1.29 is 8.98 Å². The summed E-state index contributed by atoms with van der Waals surface area (Å²) in [5, 5.41) is 0. The molecule has 0 rings (SSSR count). The van der Waals surface area contributed by atoms with Gasteiger partial charge in [-0.25, -0.2) is 0 Å². The topological polar surface area (TPSA) is 38.7 Å². The summed E-state index contributed by atoms with van der Waals surface area (Å²) in [6.45, 7) is 10.3. The Morgan fingerprint density at radius 2 is 2.20 bits per heavy atom. The lowest BCUT2D eigenvalue weighted by Gasteiger charge is -2.03. The summed E-state index contributed by atoms with van der Waals surface area (Å²) in [6, 6.07) is 0. The van der Waals surface area contributed by atoms with Crippen LogP contribution in [0.5, 0.6) is 0 Å². The van der Waals surface area contributed by atoms with Gasteiger partial charge in [0.05, 0.1) is 17.8 Å². The summed E-state index contributed by atoms with van der Waals surface area (Å²) in [5.41, 5.74) is 1.09. The van der Waals surface area contributed by atoms with E-state index in [-0.39, 0.29) is 11.5 Å². The Morgan fingerprint density at radius 1 is 1.53 bits per heavy atom. The quantitative estimate of drug-likeness (QED) is 0.289. The third-order valence-corrected chi connectivity index (χ3v) is 2.28. The SMILES string of the molecule is C=CN=C/C=C(\C)CSOC(=C)C(C)=O. The Balaban J connectivity index is 3.81.